The fourth-order valence-corrected chi connectivity index (χ4v) is 4.84. The first-order chi connectivity index (χ1) is 17.3. The van der Waals surface area contributed by atoms with Gasteiger partial charge >= 0.3 is 0 Å². The molecule has 204 valence electrons. The lowest BCUT2D eigenvalue weighted by molar-refractivity contribution is -0.140. The van der Waals surface area contributed by atoms with E-state index in [9.17, 15) is 18.0 Å². The molecular weight excluding hydrogens is 490 g/mol. The monoisotopic (exact) mass is 531 g/mol. The molecule has 8 nitrogen and oxygen atoms in total. The summed E-state index contributed by atoms with van der Waals surface area (Å²) in [6.07, 6.45) is 1.58. The molecule has 2 amide bonds. The quantitative estimate of drug-likeness (QED) is 0.421. The number of methoxy groups -OCH3 is 1. The predicted molar refractivity (Wildman–Crippen MR) is 148 cm³/mol. The molecule has 1 N–H and O–H groups in total. The Kier molecular flexibility index (Phi) is 11.0. The lowest BCUT2D eigenvalue weighted by Crippen LogP contribution is -2.48. The zero-order valence-electron chi connectivity index (χ0n) is 23.1. The van der Waals surface area contributed by atoms with E-state index in [4.69, 9.17) is 4.74 Å². The van der Waals surface area contributed by atoms with Gasteiger partial charge in [0.15, 0.2) is 0 Å². The summed E-state index contributed by atoms with van der Waals surface area (Å²) in [6, 6.07) is 12.2. The van der Waals surface area contributed by atoms with Crippen molar-refractivity contribution in [2.24, 2.45) is 5.92 Å². The van der Waals surface area contributed by atoms with Crippen molar-refractivity contribution in [1.82, 2.24) is 10.2 Å². The molecule has 0 saturated carbocycles. The summed E-state index contributed by atoms with van der Waals surface area (Å²) in [4.78, 5) is 27.8. The Bertz CT molecular complexity index is 1180. The molecule has 2 aromatic rings. The molecule has 0 aliphatic heterocycles. The molecular formula is C28H41N3O5S. The van der Waals surface area contributed by atoms with Gasteiger partial charge in [0.25, 0.3) is 0 Å². The molecule has 1 unspecified atom stereocenters. The van der Waals surface area contributed by atoms with Crippen molar-refractivity contribution in [3.63, 3.8) is 0 Å². The maximum absolute atomic E-state index is 13.4. The zero-order valence-corrected chi connectivity index (χ0v) is 23.9. The summed E-state index contributed by atoms with van der Waals surface area (Å²) >= 11 is 0. The molecule has 0 bridgehead atoms. The molecule has 0 spiro atoms. The number of sulfonamides is 1. The van der Waals surface area contributed by atoms with E-state index in [1.165, 1.54) is 10.6 Å². The van der Waals surface area contributed by atoms with Crippen LogP contribution >= 0.6 is 0 Å². The van der Waals surface area contributed by atoms with Crippen molar-refractivity contribution >= 4 is 27.5 Å². The molecule has 9 heteroatoms. The second kappa shape index (κ2) is 13.5. The standard InChI is InChI=1S/C28H41N3O5S/c1-20(2)18-29-28(33)23(5)30(19-24-10-8-11-26(17-24)36-6)27(32)12-9-15-31(37(7,34)35)25-14-13-21(3)22(4)16-25/h8,10-11,13-14,16-17,20,23H,9,12,15,18-19H2,1-7H3,(H,29,33). The molecule has 1 atom stereocenters. The minimum absolute atomic E-state index is 0.0998. The molecule has 0 aromatic heterocycles. The number of aryl methyl sites for hydroxylation is 2. The number of ether oxygens (including phenoxy) is 1. The first-order valence-electron chi connectivity index (χ1n) is 12.6. The number of amides is 2. The average Bonchev–Trinajstić information content (AvgIpc) is 2.84. The number of anilines is 1. The number of hydrogen-bond acceptors (Lipinski definition) is 5. The zero-order chi connectivity index (χ0) is 27.8. The number of nitrogens with one attached hydrogen (secondary N) is 1. The van der Waals surface area contributed by atoms with Crippen molar-refractivity contribution in [2.45, 2.75) is 60.0 Å². The Morgan fingerprint density at radius 1 is 1.03 bits per heavy atom. The lowest BCUT2D eigenvalue weighted by atomic mass is 10.1. The third-order valence-corrected chi connectivity index (χ3v) is 7.46. The minimum Gasteiger partial charge on any atom is -0.497 e. The van der Waals surface area contributed by atoms with E-state index in [-0.39, 0.29) is 37.2 Å². The maximum atomic E-state index is 13.4. The molecule has 0 radical (unpaired) electrons. The third kappa shape index (κ3) is 9.07. The van der Waals surface area contributed by atoms with Gasteiger partial charge in [-0.25, -0.2) is 8.42 Å². The number of benzene rings is 2. The van der Waals surface area contributed by atoms with Gasteiger partial charge in [0.1, 0.15) is 11.8 Å². The van der Waals surface area contributed by atoms with Crippen molar-refractivity contribution in [3.05, 3.63) is 59.2 Å². The minimum atomic E-state index is -3.54. The molecule has 37 heavy (non-hydrogen) atoms. The summed E-state index contributed by atoms with van der Waals surface area (Å²) in [5, 5.41) is 2.91. The fraction of sp³-hybridized carbons (Fsp3) is 0.500. The van der Waals surface area contributed by atoms with E-state index in [1.807, 2.05) is 64.1 Å². The highest BCUT2D eigenvalue weighted by atomic mass is 32.2. The first kappa shape index (κ1) is 30.2. The topological polar surface area (TPSA) is 96.0 Å². The van der Waals surface area contributed by atoms with Gasteiger partial charge in [-0.15, -0.1) is 0 Å². The van der Waals surface area contributed by atoms with Crippen LogP contribution in [0.1, 0.15) is 50.3 Å². The second-order valence-corrected chi connectivity index (χ2v) is 11.8. The van der Waals surface area contributed by atoms with Gasteiger partial charge in [0.05, 0.1) is 19.1 Å². The Labute approximate surface area is 222 Å². The van der Waals surface area contributed by atoms with Crippen LogP contribution in [0.2, 0.25) is 0 Å². The fourth-order valence-electron chi connectivity index (χ4n) is 3.89. The number of carbonyl (C=O) groups is 2. The number of carbonyl (C=O) groups excluding carboxylic acids is 2. The van der Waals surface area contributed by atoms with Crippen LogP contribution in [0, 0.1) is 19.8 Å². The van der Waals surface area contributed by atoms with Gasteiger partial charge in [0.2, 0.25) is 21.8 Å². The number of nitrogens with zero attached hydrogens (tertiary/aromatic N) is 2. The van der Waals surface area contributed by atoms with Crippen LogP contribution in [-0.4, -0.2) is 57.6 Å². The van der Waals surface area contributed by atoms with E-state index in [0.717, 1.165) is 16.7 Å². The first-order valence-corrected chi connectivity index (χ1v) is 14.4. The van der Waals surface area contributed by atoms with Gasteiger partial charge in [-0.3, -0.25) is 13.9 Å². The Balaban J connectivity index is 2.20. The normalized spacial score (nSPS) is 12.2. The second-order valence-electron chi connectivity index (χ2n) is 9.90. The van der Waals surface area contributed by atoms with Crippen molar-refractivity contribution in [2.75, 3.05) is 30.8 Å². The van der Waals surface area contributed by atoms with Crippen LogP contribution < -0.4 is 14.4 Å². The van der Waals surface area contributed by atoms with Crippen LogP contribution in [0.3, 0.4) is 0 Å². The Morgan fingerprint density at radius 2 is 1.73 bits per heavy atom. The molecule has 2 aromatic carbocycles. The van der Waals surface area contributed by atoms with Crippen LogP contribution in [0.15, 0.2) is 42.5 Å². The van der Waals surface area contributed by atoms with Gasteiger partial charge in [-0.2, -0.15) is 0 Å². The van der Waals surface area contributed by atoms with E-state index in [2.05, 4.69) is 5.32 Å². The van der Waals surface area contributed by atoms with Crippen LogP contribution in [0.5, 0.6) is 5.75 Å². The molecule has 0 fully saturated rings. The summed E-state index contributed by atoms with van der Waals surface area (Å²) in [7, 11) is -1.96. The highest BCUT2D eigenvalue weighted by Gasteiger charge is 2.27. The van der Waals surface area contributed by atoms with Crippen molar-refractivity contribution in [3.8, 4) is 5.75 Å². The van der Waals surface area contributed by atoms with Gasteiger partial charge < -0.3 is 15.0 Å². The van der Waals surface area contributed by atoms with E-state index < -0.39 is 16.1 Å². The largest absolute Gasteiger partial charge is 0.497 e. The van der Waals surface area contributed by atoms with E-state index in [0.29, 0.717) is 24.4 Å². The summed E-state index contributed by atoms with van der Waals surface area (Å²) in [6.45, 7) is 10.5. The number of rotatable bonds is 13. The molecule has 0 saturated heterocycles. The van der Waals surface area contributed by atoms with Crippen LogP contribution in [0.25, 0.3) is 0 Å². The van der Waals surface area contributed by atoms with Gasteiger partial charge in [-0.1, -0.05) is 32.0 Å². The maximum Gasteiger partial charge on any atom is 0.242 e. The summed E-state index contributed by atoms with van der Waals surface area (Å²) in [5.41, 5.74) is 3.48. The van der Waals surface area contributed by atoms with Crippen molar-refractivity contribution < 1.29 is 22.7 Å². The van der Waals surface area contributed by atoms with Gasteiger partial charge in [-0.05, 0) is 74.1 Å². The molecule has 0 aliphatic rings. The SMILES string of the molecule is COc1cccc(CN(C(=O)CCCN(c2ccc(C)c(C)c2)S(C)(=O)=O)C(C)C(=O)NCC(C)C)c1. The molecule has 2 rings (SSSR count). The average molecular weight is 532 g/mol. The molecule has 0 aliphatic carbocycles. The predicted octanol–water partition coefficient (Wildman–Crippen LogP) is 4.05. The van der Waals surface area contributed by atoms with Crippen molar-refractivity contribution in [1.29, 1.82) is 0 Å². The summed E-state index contributed by atoms with van der Waals surface area (Å²) < 4.78 is 31.7. The number of hydrogen-bond donors (Lipinski definition) is 1. The lowest BCUT2D eigenvalue weighted by Gasteiger charge is -2.30. The Hall–Kier alpha value is -3.07. The van der Waals surface area contributed by atoms with E-state index in [1.54, 1.807) is 25.0 Å². The Morgan fingerprint density at radius 3 is 2.32 bits per heavy atom. The van der Waals surface area contributed by atoms with Crippen LogP contribution in [-0.2, 0) is 26.2 Å². The third-order valence-electron chi connectivity index (χ3n) is 6.27. The highest BCUT2D eigenvalue weighted by Crippen LogP contribution is 2.22. The molecule has 0 heterocycles. The van der Waals surface area contributed by atoms with Crippen LogP contribution in [0.4, 0.5) is 5.69 Å². The van der Waals surface area contributed by atoms with E-state index >= 15 is 0 Å². The van der Waals surface area contributed by atoms with Gasteiger partial charge in [0, 0.05) is 26.1 Å². The smallest absolute Gasteiger partial charge is 0.242 e. The summed E-state index contributed by atoms with van der Waals surface area (Å²) in [5.74, 6) is 0.506. The highest BCUT2D eigenvalue weighted by molar-refractivity contribution is 7.92.